The van der Waals surface area contributed by atoms with Crippen LogP contribution < -0.4 is 5.32 Å². The van der Waals surface area contributed by atoms with Crippen LogP contribution in [0.2, 0.25) is 0 Å². The van der Waals surface area contributed by atoms with Crippen molar-refractivity contribution in [2.45, 2.75) is 25.5 Å². The zero-order chi connectivity index (χ0) is 18.8. The number of hydrogen-bond acceptors (Lipinski definition) is 5. The third-order valence-corrected chi connectivity index (χ3v) is 5.04. The SMILES string of the molecule is N#Cc1c2ccccc2c(C#N)c2cc(COC(=O)C3CCCN3)ccc12. The number of nitrogens with one attached hydrogen (secondary N) is 1. The van der Waals surface area contributed by atoms with Crippen molar-refractivity contribution in [1.29, 1.82) is 10.5 Å². The van der Waals surface area contributed by atoms with Crippen molar-refractivity contribution >= 4 is 27.5 Å². The monoisotopic (exact) mass is 355 g/mol. The van der Waals surface area contributed by atoms with Crippen LogP contribution in [0.4, 0.5) is 0 Å². The lowest BCUT2D eigenvalue weighted by molar-refractivity contribution is -0.147. The van der Waals surface area contributed by atoms with Crippen molar-refractivity contribution in [2.24, 2.45) is 0 Å². The highest BCUT2D eigenvalue weighted by molar-refractivity contribution is 6.09. The van der Waals surface area contributed by atoms with Gasteiger partial charge in [-0.25, -0.2) is 0 Å². The molecule has 0 aliphatic carbocycles. The van der Waals surface area contributed by atoms with Crippen molar-refractivity contribution in [3.8, 4) is 12.1 Å². The van der Waals surface area contributed by atoms with Crippen molar-refractivity contribution in [2.75, 3.05) is 6.54 Å². The zero-order valence-corrected chi connectivity index (χ0v) is 14.7. The lowest BCUT2D eigenvalue weighted by Gasteiger charge is -2.12. The van der Waals surface area contributed by atoms with Crippen LogP contribution in [0.5, 0.6) is 0 Å². The highest BCUT2D eigenvalue weighted by Crippen LogP contribution is 2.32. The number of rotatable bonds is 3. The van der Waals surface area contributed by atoms with Gasteiger partial charge in [-0.05, 0) is 31.0 Å². The molecule has 132 valence electrons. The molecule has 0 amide bonds. The van der Waals surface area contributed by atoms with Gasteiger partial charge in [0.25, 0.3) is 0 Å². The number of ether oxygens (including phenoxy) is 1. The molecule has 1 atom stereocenters. The maximum Gasteiger partial charge on any atom is 0.323 e. The molecule has 1 saturated heterocycles. The van der Waals surface area contributed by atoms with Crippen molar-refractivity contribution in [3.05, 3.63) is 59.2 Å². The zero-order valence-electron chi connectivity index (χ0n) is 14.7. The molecule has 5 heteroatoms. The summed E-state index contributed by atoms with van der Waals surface area (Å²) >= 11 is 0. The molecular weight excluding hydrogens is 338 g/mol. The van der Waals surface area contributed by atoms with Crippen LogP contribution in [0.1, 0.15) is 29.5 Å². The topological polar surface area (TPSA) is 85.9 Å². The maximum atomic E-state index is 12.1. The van der Waals surface area contributed by atoms with Crippen LogP contribution in [0.3, 0.4) is 0 Å². The number of nitriles is 2. The molecule has 0 saturated carbocycles. The van der Waals surface area contributed by atoms with Gasteiger partial charge >= 0.3 is 5.97 Å². The van der Waals surface area contributed by atoms with Gasteiger partial charge < -0.3 is 10.1 Å². The Hall–Kier alpha value is -3.41. The molecule has 3 aromatic carbocycles. The van der Waals surface area contributed by atoms with Crippen LogP contribution >= 0.6 is 0 Å². The molecular formula is C22H17N3O2. The Bertz CT molecular complexity index is 1130. The first kappa shape index (κ1) is 17.0. The second-order valence-electron chi connectivity index (χ2n) is 6.66. The Kier molecular flexibility index (Phi) is 4.46. The second kappa shape index (κ2) is 7.07. The predicted octanol–water partition coefficient (Wildman–Crippen LogP) is 3.53. The van der Waals surface area contributed by atoms with Crippen molar-refractivity contribution in [3.63, 3.8) is 0 Å². The highest BCUT2D eigenvalue weighted by atomic mass is 16.5. The number of fused-ring (bicyclic) bond motifs is 2. The van der Waals surface area contributed by atoms with Crippen LogP contribution in [0.25, 0.3) is 21.5 Å². The largest absolute Gasteiger partial charge is 0.460 e. The first-order valence-electron chi connectivity index (χ1n) is 8.90. The van der Waals surface area contributed by atoms with E-state index in [0.717, 1.165) is 41.1 Å². The van der Waals surface area contributed by atoms with Gasteiger partial charge in [0.15, 0.2) is 0 Å². The van der Waals surface area contributed by atoms with Gasteiger partial charge in [-0.2, -0.15) is 10.5 Å². The number of nitrogens with zero attached hydrogens (tertiary/aromatic N) is 2. The summed E-state index contributed by atoms with van der Waals surface area (Å²) in [5.41, 5.74) is 1.88. The Labute approximate surface area is 156 Å². The summed E-state index contributed by atoms with van der Waals surface area (Å²) in [6.45, 7) is 0.984. The van der Waals surface area contributed by atoms with E-state index in [1.807, 2.05) is 42.5 Å². The molecule has 1 aliphatic heterocycles. The Balaban J connectivity index is 1.75. The summed E-state index contributed by atoms with van der Waals surface area (Å²) in [6.07, 6.45) is 1.78. The molecule has 1 fully saturated rings. The smallest absolute Gasteiger partial charge is 0.323 e. The fourth-order valence-electron chi connectivity index (χ4n) is 3.70. The van der Waals surface area contributed by atoms with Gasteiger partial charge in [-0.15, -0.1) is 0 Å². The number of carbonyl (C=O) groups excluding carboxylic acids is 1. The van der Waals surface area contributed by atoms with E-state index < -0.39 is 0 Å². The number of benzene rings is 3. The quantitative estimate of drug-likeness (QED) is 0.574. The van der Waals surface area contributed by atoms with Crippen molar-refractivity contribution < 1.29 is 9.53 Å². The minimum Gasteiger partial charge on any atom is -0.460 e. The lowest BCUT2D eigenvalue weighted by atomic mass is 9.92. The summed E-state index contributed by atoms with van der Waals surface area (Å²) in [5, 5.41) is 25.5. The number of carbonyl (C=O) groups is 1. The maximum absolute atomic E-state index is 12.1. The molecule has 1 heterocycles. The van der Waals surface area contributed by atoms with E-state index in [1.54, 1.807) is 0 Å². The first-order valence-corrected chi connectivity index (χ1v) is 8.90. The standard InChI is InChI=1S/C22H17N3O2/c23-11-19-15-4-1-2-5-16(15)20(12-24)18-10-14(7-8-17(18)19)13-27-22(26)21-6-3-9-25-21/h1-2,4-5,7-8,10,21,25H,3,6,9,13H2. The predicted molar refractivity (Wildman–Crippen MR) is 102 cm³/mol. The molecule has 0 aromatic heterocycles. The van der Waals surface area contributed by atoms with Gasteiger partial charge in [-0.1, -0.05) is 36.4 Å². The van der Waals surface area contributed by atoms with Crippen LogP contribution in [-0.2, 0) is 16.1 Å². The molecule has 5 nitrogen and oxygen atoms in total. The fourth-order valence-corrected chi connectivity index (χ4v) is 3.70. The van der Waals surface area contributed by atoms with E-state index in [-0.39, 0.29) is 18.6 Å². The van der Waals surface area contributed by atoms with Gasteiger partial charge in [0.2, 0.25) is 0 Å². The van der Waals surface area contributed by atoms with E-state index in [1.165, 1.54) is 0 Å². The van der Waals surface area contributed by atoms with E-state index in [4.69, 9.17) is 4.74 Å². The lowest BCUT2D eigenvalue weighted by Crippen LogP contribution is -2.32. The highest BCUT2D eigenvalue weighted by Gasteiger charge is 2.23. The van der Waals surface area contributed by atoms with Gasteiger partial charge in [-0.3, -0.25) is 4.79 Å². The minimum absolute atomic E-state index is 0.145. The van der Waals surface area contributed by atoms with E-state index >= 15 is 0 Å². The van der Waals surface area contributed by atoms with Gasteiger partial charge in [0, 0.05) is 21.5 Å². The molecule has 1 aliphatic rings. The molecule has 1 unspecified atom stereocenters. The van der Waals surface area contributed by atoms with Crippen LogP contribution in [0.15, 0.2) is 42.5 Å². The minimum atomic E-state index is -0.246. The summed E-state index contributed by atoms with van der Waals surface area (Å²) in [7, 11) is 0. The summed E-state index contributed by atoms with van der Waals surface area (Å²) in [6, 6.07) is 17.3. The third kappa shape index (κ3) is 2.99. The molecule has 0 spiro atoms. The van der Waals surface area contributed by atoms with Crippen molar-refractivity contribution in [1.82, 2.24) is 5.32 Å². The average Bonchev–Trinajstić information content (AvgIpc) is 3.25. The number of esters is 1. The summed E-state index contributed by atoms with van der Waals surface area (Å²) < 4.78 is 5.43. The van der Waals surface area contributed by atoms with Crippen LogP contribution in [0, 0.1) is 22.7 Å². The van der Waals surface area contributed by atoms with Gasteiger partial charge in [0.05, 0.1) is 11.1 Å². The Morgan fingerprint density at radius 1 is 1.04 bits per heavy atom. The molecule has 0 radical (unpaired) electrons. The normalized spacial score (nSPS) is 16.1. The first-order chi connectivity index (χ1) is 13.2. The summed E-state index contributed by atoms with van der Waals surface area (Å²) in [4.78, 5) is 12.1. The molecule has 27 heavy (non-hydrogen) atoms. The number of hydrogen-bond donors (Lipinski definition) is 1. The Morgan fingerprint density at radius 2 is 1.70 bits per heavy atom. The molecule has 0 bridgehead atoms. The van der Waals surface area contributed by atoms with E-state index in [2.05, 4.69) is 17.5 Å². The fraction of sp³-hybridized carbons (Fsp3) is 0.227. The third-order valence-electron chi connectivity index (χ3n) is 5.04. The average molecular weight is 355 g/mol. The van der Waals surface area contributed by atoms with Crippen LogP contribution in [-0.4, -0.2) is 18.6 Å². The Morgan fingerprint density at radius 3 is 2.33 bits per heavy atom. The van der Waals surface area contributed by atoms with Gasteiger partial charge in [0.1, 0.15) is 24.8 Å². The molecule has 3 aromatic rings. The molecule has 4 rings (SSSR count). The summed E-state index contributed by atoms with van der Waals surface area (Å²) in [5.74, 6) is -0.246. The second-order valence-corrected chi connectivity index (χ2v) is 6.66. The van der Waals surface area contributed by atoms with E-state index in [0.29, 0.717) is 16.5 Å². The van der Waals surface area contributed by atoms with E-state index in [9.17, 15) is 15.3 Å². The molecule has 1 N–H and O–H groups in total.